The second-order valence-electron chi connectivity index (χ2n) is 3.34. The fourth-order valence-electron chi connectivity index (χ4n) is 1.28. The Hall–Kier alpha value is -0.820. The lowest BCUT2D eigenvalue weighted by atomic mass is 10.1. The molecule has 1 aromatic carbocycles. The molecule has 0 radical (unpaired) electrons. The Bertz CT molecular complexity index is 298. The van der Waals surface area contributed by atoms with Gasteiger partial charge in [-0.25, -0.2) is 0 Å². The summed E-state index contributed by atoms with van der Waals surface area (Å²) < 4.78 is 0. The average molecular weight is 227 g/mol. The summed E-state index contributed by atoms with van der Waals surface area (Å²) in [6.45, 7) is 7.61. The molecule has 0 heterocycles. The molecule has 0 N–H and O–H groups in total. The maximum absolute atomic E-state index is 10.8. The molecule has 0 aliphatic rings. The van der Waals surface area contributed by atoms with Gasteiger partial charge in [-0.3, -0.25) is 0 Å². The first-order chi connectivity index (χ1) is 7.08. The monoisotopic (exact) mass is 226 g/mol. The fraction of sp³-hybridized carbons (Fsp3) is 0.462. The van der Waals surface area contributed by atoms with Crippen molar-refractivity contribution in [3.05, 3.63) is 34.3 Å². The summed E-state index contributed by atoms with van der Waals surface area (Å²) in [6.07, 6.45) is 1.39. The molecule has 0 aromatic heterocycles. The van der Waals surface area contributed by atoms with Crippen molar-refractivity contribution >= 4 is 17.4 Å². The third kappa shape index (κ3) is 6.29. The van der Waals surface area contributed by atoms with Gasteiger partial charge in [0.15, 0.2) is 0 Å². The van der Waals surface area contributed by atoms with Gasteiger partial charge in [-0.05, 0) is 43.5 Å². The average Bonchev–Trinajstić information content (AvgIpc) is 2.16. The largest absolute Gasteiger partial charge is 0.300 e. The minimum atomic E-state index is 0.220. The van der Waals surface area contributed by atoms with Crippen molar-refractivity contribution < 1.29 is 4.79 Å². The molecular weight excluding hydrogens is 208 g/mol. The lowest BCUT2D eigenvalue weighted by Crippen LogP contribution is -1.94. The summed E-state index contributed by atoms with van der Waals surface area (Å²) in [5, 5.41) is 0.749. The van der Waals surface area contributed by atoms with Gasteiger partial charge in [0.1, 0.15) is 5.78 Å². The number of aryl methyl sites for hydroxylation is 2. The molecule has 2 heteroatoms. The Morgan fingerprint density at radius 2 is 1.87 bits per heavy atom. The predicted octanol–water partition coefficient (Wildman–Crippen LogP) is 4.20. The van der Waals surface area contributed by atoms with Crippen molar-refractivity contribution in [3.63, 3.8) is 0 Å². The van der Waals surface area contributed by atoms with E-state index in [1.165, 1.54) is 0 Å². The second-order valence-corrected chi connectivity index (χ2v) is 3.78. The minimum Gasteiger partial charge on any atom is -0.300 e. The van der Waals surface area contributed by atoms with Crippen LogP contribution in [0.4, 0.5) is 0 Å². The van der Waals surface area contributed by atoms with Gasteiger partial charge in [0.2, 0.25) is 0 Å². The summed E-state index contributed by atoms with van der Waals surface area (Å²) in [7, 11) is 0. The normalized spacial score (nSPS) is 9.13. The number of carbonyl (C=O) groups excluding carboxylic acids is 1. The van der Waals surface area contributed by atoms with Gasteiger partial charge in [0.25, 0.3) is 0 Å². The number of Topliss-reactive ketones (excluding diaryl/α,β-unsaturated/α-hetero) is 1. The van der Waals surface area contributed by atoms with Gasteiger partial charge in [-0.2, -0.15) is 0 Å². The van der Waals surface area contributed by atoms with Crippen molar-refractivity contribution in [2.24, 2.45) is 0 Å². The Balaban J connectivity index is 0.000000921. The van der Waals surface area contributed by atoms with Gasteiger partial charge in [0, 0.05) is 11.4 Å². The Kier molecular flexibility index (Phi) is 7.06. The first kappa shape index (κ1) is 14.2. The topological polar surface area (TPSA) is 17.1 Å². The summed E-state index contributed by atoms with van der Waals surface area (Å²) in [5.41, 5.74) is 2.28. The molecule has 1 nitrogen and oxygen atoms in total. The highest BCUT2D eigenvalue weighted by Gasteiger charge is 1.99. The van der Waals surface area contributed by atoms with E-state index in [2.05, 4.69) is 6.07 Å². The summed E-state index contributed by atoms with van der Waals surface area (Å²) in [4.78, 5) is 10.8. The van der Waals surface area contributed by atoms with Gasteiger partial charge >= 0.3 is 0 Å². The van der Waals surface area contributed by atoms with Crippen molar-refractivity contribution in [1.82, 2.24) is 0 Å². The molecule has 0 atom stereocenters. The number of ketones is 1. The van der Waals surface area contributed by atoms with E-state index in [0.717, 1.165) is 22.6 Å². The number of rotatable bonds is 3. The maximum atomic E-state index is 10.8. The Labute approximate surface area is 97.5 Å². The van der Waals surface area contributed by atoms with E-state index < -0.39 is 0 Å². The predicted molar refractivity (Wildman–Crippen MR) is 66.5 cm³/mol. The van der Waals surface area contributed by atoms with E-state index in [-0.39, 0.29) is 5.78 Å². The smallest absolute Gasteiger partial charge is 0.130 e. The third-order valence-corrected chi connectivity index (χ3v) is 2.09. The number of hydrogen-bond donors (Lipinski definition) is 0. The van der Waals surface area contributed by atoms with Gasteiger partial charge in [0.05, 0.1) is 0 Å². The summed E-state index contributed by atoms with van der Waals surface area (Å²) in [6, 6.07) is 5.89. The van der Waals surface area contributed by atoms with E-state index in [9.17, 15) is 4.79 Å². The highest BCUT2D eigenvalue weighted by Crippen LogP contribution is 2.15. The van der Waals surface area contributed by atoms with Crippen LogP contribution in [0.2, 0.25) is 5.02 Å². The van der Waals surface area contributed by atoms with Gasteiger partial charge < -0.3 is 4.79 Å². The minimum absolute atomic E-state index is 0.220. The summed E-state index contributed by atoms with van der Waals surface area (Å²) in [5.74, 6) is 0.220. The molecule has 0 bridgehead atoms. The maximum Gasteiger partial charge on any atom is 0.130 e. The highest BCUT2D eigenvalue weighted by atomic mass is 35.5. The van der Waals surface area contributed by atoms with Crippen LogP contribution < -0.4 is 0 Å². The standard InChI is InChI=1S/C11H13ClO.C2H6/c1-8-5-10(4-3-9(2)13)7-11(12)6-8;1-2/h5-7H,3-4H2,1-2H3;1-2H3. The van der Waals surface area contributed by atoms with Gasteiger partial charge in [-0.15, -0.1) is 0 Å². The van der Waals surface area contributed by atoms with E-state index >= 15 is 0 Å². The molecule has 1 aromatic rings. The fourth-order valence-corrected chi connectivity index (χ4v) is 1.59. The number of carbonyl (C=O) groups is 1. The first-order valence-corrected chi connectivity index (χ1v) is 5.71. The lowest BCUT2D eigenvalue weighted by Gasteiger charge is -2.01. The zero-order valence-electron chi connectivity index (χ0n) is 9.93. The molecule has 0 spiro atoms. The van der Waals surface area contributed by atoms with Crippen LogP contribution in [0.25, 0.3) is 0 Å². The van der Waals surface area contributed by atoms with Crippen molar-refractivity contribution in [1.29, 1.82) is 0 Å². The van der Waals surface area contributed by atoms with E-state index in [1.807, 2.05) is 32.9 Å². The Morgan fingerprint density at radius 1 is 1.27 bits per heavy atom. The SMILES string of the molecule is CC.CC(=O)CCc1cc(C)cc(Cl)c1. The van der Waals surface area contributed by atoms with Crippen molar-refractivity contribution in [2.45, 2.75) is 40.5 Å². The molecule has 0 aliphatic heterocycles. The van der Waals surface area contributed by atoms with Crippen LogP contribution in [0.15, 0.2) is 18.2 Å². The third-order valence-electron chi connectivity index (χ3n) is 1.87. The zero-order valence-corrected chi connectivity index (χ0v) is 10.7. The summed E-state index contributed by atoms with van der Waals surface area (Å²) >= 11 is 5.88. The number of benzene rings is 1. The van der Waals surface area contributed by atoms with Crippen LogP contribution >= 0.6 is 11.6 Å². The molecule has 15 heavy (non-hydrogen) atoms. The van der Waals surface area contributed by atoms with E-state index in [0.29, 0.717) is 6.42 Å². The zero-order chi connectivity index (χ0) is 11.8. The molecule has 0 fully saturated rings. The van der Waals surface area contributed by atoms with Crippen LogP contribution in [-0.2, 0) is 11.2 Å². The number of halogens is 1. The second kappa shape index (κ2) is 7.47. The van der Waals surface area contributed by atoms with E-state index in [1.54, 1.807) is 6.92 Å². The van der Waals surface area contributed by atoms with Crippen LogP contribution in [0.5, 0.6) is 0 Å². The molecule has 84 valence electrons. The molecule has 0 saturated heterocycles. The van der Waals surface area contributed by atoms with Crippen LogP contribution in [0.3, 0.4) is 0 Å². The first-order valence-electron chi connectivity index (χ1n) is 5.33. The van der Waals surface area contributed by atoms with Crippen molar-refractivity contribution in [3.8, 4) is 0 Å². The molecule has 0 aliphatic carbocycles. The quantitative estimate of drug-likeness (QED) is 0.755. The molecule has 1 rings (SSSR count). The highest BCUT2D eigenvalue weighted by molar-refractivity contribution is 6.30. The molecule has 0 unspecified atom stereocenters. The Morgan fingerprint density at radius 3 is 2.33 bits per heavy atom. The molecule has 0 saturated carbocycles. The van der Waals surface area contributed by atoms with Crippen molar-refractivity contribution in [2.75, 3.05) is 0 Å². The van der Waals surface area contributed by atoms with Crippen LogP contribution in [-0.4, -0.2) is 5.78 Å². The number of hydrogen-bond acceptors (Lipinski definition) is 1. The van der Waals surface area contributed by atoms with Gasteiger partial charge in [-0.1, -0.05) is 31.5 Å². The van der Waals surface area contributed by atoms with Crippen LogP contribution in [0.1, 0.15) is 38.3 Å². The van der Waals surface area contributed by atoms with Crippen LogP contribution in [0, 0.1) is 6.92 Å². The molecular formula is C13H19ClO. The van der Waals surface area contributed by atoms with E-state index in [4.69, 9.17) is 11.6 Å². The lowest BCUT2D eigenvalue weighted by molar-refractivity contribution is -0.116. The molecule has 0 amide bonds.